The monoisotopic (exact) mass is 379 g/mol. The van der Waals surface area contributed by atoms with Crippen molar-refractivity contribution >= 4 is 32.8 Å². The minimum atomic E-state index is -4.60. The molecule has 2 atom stereocenters. The number of aromatic nitrogens is 1. The fourth-order valence-corrected chi connectivity index (χ4v) is 3.73. The third-order valence-corrected chi connectivity index (χ3v) is 4.87. The van der Waals surface area contributed by atoms with Crippen molar-refractivity contribution in [2.24, 2.45) is 5.92 Å². The number of alkyl halides is 3. The van der Waals surface area contributed by atoms with Gasteiger partial charge in [-0.3, -0.25) is 4.79 Å². The summed E-state index contributed by atoms with van der Waals surface area (Å²) in [5.41, 5.74) is 0.879. The average molecular weight is 380 g/mol. The number of aromatic amines is 1. The molecule has 0 saturated carbocycles. The molecule has 22 heavy (non-hydrogen) atoms. The molecule has 0 bridgehead atoms. The van der Waals surface area contributed by atoms with E-state index in [0.29, 0.717) is 16.5 Å². The lowest BCUT2D eigenvalue weighted by atomic mass is 9.77. The maximum Gasteiger partial charge on any atom is 0.393 e. The van der Waals surface area contributed by atoms with Crippen LogP contribution in [0.3, 0.4) is 0 Å². The number of carbonyl (C=O) groups is 1. The number of rotatable bonds is 1. The SMILES string of the molecule is O=C(O)C1c2[nH]c3ccc(F)c(Br)c3c2CCC1C(F)(F)F. The summed E-state index contributed by atoms with van der Waals surface area (Å²) in [6.45, 7) is 0. The van der Waals surface area contributed by atoms with E-state index in [1.807, 2.05) is 0 Å². The van der Waals surface area contributed by atoms with Gasteiger partial charge in [0.2, 0.25) is 0 Å². The number of fused-ring (bicyclic) bond motifs is 3. The second-order valence-corrected chi connectivity index (χ2v) is 6.10. The largest absolute Gasteiger partial charge is 0.481 e. The Morgan fingerprint density at radius 3 is 2.64 bits per heavy atom. The van der Waals surface area contributed by atoms with Crippen molar-refractivity contribution in [2.75, 3.05) is 0 Å². The van der Waals surface area contributed by atoms with Gasteiger partial charge in [-0.2, -0.15) is 13.2 Å². The number of carboxylic acids is 1. The molecule has 1 aromatic heterocycles. The lowest BCUT2D eigenvalue weighted by molar-refractivity contribution is -0.191. The van der Waals surface area contributed by atoms with Crippen LogP contribution >= 0.6 is 15.9 Å². The molecule has 2 unspecified atom stereocenters. The summed E-state index contributed by atoms with van der Waals surface area (Å²) in [6.07, 6.45) is -4.88. The smallest absolute Gasteiger partial charge is 0.393 e. The summed E-state index contributed by atoms with van der Waals surface area (Å²) in [6, 6.07) is 2.57. The number of carboxylic acid groups (broad SMARTS) is 1. The van der Waals surface area contributed by atoms with Crippen LogP contribution < -0.4 is 0 Å². The zero-order chi connectivity index (χ0) is 16.2. The van der Waals surface area contributed by atoms with Crippen molar-refractivity contribution < 1.29 is 27.5 Å². The Hall–Kier alpha value is -1.57. The molecule has 0 spiro atoms. The summed E-state index contributed by atoms with van der Waals surface area (Å²) in [5.74, 6) is -5.73. The van der Waals surface area contributed by atoms with E-state index in [1.165, 1.54) is 12.1 Å². The molecule has 118 valence electrons. The number of benzene rings is 1. The van der Waals surface area contributed by atoms with Gasteiger partial charge in [0.15, 0.2) is 0 Å². The zero-order valence-corrected chi connectivity index (χ0v) is 12.6. The van der Waals surface area contributed by atoms with E-state index in [1.54, 1.807) is 0 Å². The van der Waals surface area contributed by atoms with Gasteiger partial charge in [-0.25, -0.2) is 4.39 Å². The fourth-order valence-electron chi connectivity index (χ4n) is 3.15. The molecule has 3 rings (SSSR count). The average Bonchev–Trinajstić information content (AvgIpc) is 2.79. The van der Waals surface area contributed by atoms with Crippen molar-refractivity contribution in [1.29, 1.82) is 0 Å². The number of aliphatic carboxylic acids is 1. The zero-order valence-electron chi connectivity index (χ0n) is 11.0. The van der Waals surface area contributed by atoms with Gasteiger partial charge in [0.05, 0.1) is 10.4 Å². The quantitative estimate of drug-likeness (QED) is 0.723. The van der Waals surface area contributed by atoms with Crippen molar-refractivity contribution in [1.82, 2.24) is 4.98 Å². The highest BCUT2D eigenvalue weighted by Crippen LogP contribution is 2.47. The van der Waals surface area contributed by atoms with Crippen LogP contribution in [-0.4, -0.2) is 22.2 Å². The van der Waals surface area contributed by atoms with Gasteiger partial charge in [0.25, 0.3) is 0 Å². The summed E-state index contributed by atoms with van der Waals surface area (Å²) in [7, 11) is 0. The first-order valence-corrected chi connectivity index (χ1v) is 7.29. The standard InChI is InChI=1S/C14H10BrF4NO2/c15-11-7(16)3-4-8-9(11)5-1-2-6(14(17,18)19)10(13(21)22)12(5)20-8/h3-4,6,10,20H,1-2H2,(H,21,22). The van der Waals surface area contributed by atoms with E-state index in [-0.39, 0.29) is 23.0 Å². The molecule has 2 aromatic rings. The predicted octanol–water partition coefficient (Wildman–Crippen LogP) is 4.36. The maximum atomic E-state index is 13.7. The molecule has 1 aliphatic rings. The highest BCUT2D eigenvalue weighted by molar-refractivity contribution is 9.10. The minimum absolute atomic E-state index is 0.0161. The molecule has 1 heterocycles. The van der Waals surface area contributed by atoms with Gasteiger partial charge in [0.1, 0.15) is 11.7 Å². The highest BCUT2D eigenvalue weighted by Gasteiger charge is 2.51. The van der Waals surface area contributed by atoms with Crippen molar-refractivity contribution in [2.45, 2.75) is 24.9 Å². The van der Waals surface area contributed by atoms with Crippen LogP contribution in [-0.2, 0) is 11.2 Å². The Kier molecular flexibility index (Phi) is 3.47. The molecule has 0 amide bonds. The van der Waals surface area contributed by atoms with Crippen molar-refractivity contribution in [3.63, 3.8) is 0 Å². The summed E-state index contributed by atoms with van der Waals surface area (Å²) < 4.78 is 53.1. The van der Waals surface area contributed by atoms with Crippen LogP contribution in [0.5, 0.6) is 0 Å². The number of aryl methyl sites for hydroxylation is 1. The van der Waals surface area contributed by atoms with Gasteiger partial charge in [-0.1, -0.05) is 0 Å². The summed E-state index contributed by atoms with van der Waals surface area (Å²) in [4.78, 5) is 14.1. The van der Waals surface area contributed by atoms with E-state index in [0.717, 1.165) is 0 Å². The summed E-state index contributed by atoms with van der Waals surface area (Å²) >= 11 is 3.09. The van der Waals surface area contributed by atoms with Crippen LogP contribution in [0, 0.1) is 11.7 Å². The molecular formula is C14H10BrF4NO2. The third-order valence-electron chi connectivity index (χ3n) is 4.10. The lowest BCUT2D eigenvalue weighted by Crippen LogP contribution is -2.36. The predicted molar refractivity (Wildman–Crippen MR) is 74.2 cm³/mol. The van der Waals surface area contributed by atoms with Gasteiger partial charge >= 0.3 is 12.1 Å². The van der Waals surface area contributed by atoms with Gasteiger partial charge in [-0.05, 0) is 46.5 Å². The summed E-state index contributed by atoms with van der Waals surface area (Å²) in [5, 5.41) is 9.68. The van der Waals surface area contributed by atoms with Crippen LogP contribution in [0.1, 0.15) is 23.6 Å². The first-order valence-electron chi connectivity index (χ1n) is 6.49. The third kappa shape index (κ3) is 2.20. The van der Waals surface area contributed by atoms with E-state index < -0.39 is 29.8 Å². The van der Waals surface area contributed by atoms with E-state index in [9.17, 15) is 27.5 Å². The lowest BCUT2D eigenvalue weighted by Gasteiger charge is -2.30. The molecular weight excluding hydrogens is 370 g/mol. The number of hydrogen-bond acceptors (Lipinski definition) is 1. The molecule has 0 saturated heterocycles. The fraction of sp³-hybridized carbons (Fsp3) is 0.357. The first kappa shape index (κ1) is 15.3. The van der Waals surface area contributed by atoms with Crippen LogP contribution in [0.2, 0.25) is 0 Å². The van der Waals surface area contributed by atoms with E-state index in [4.69, 9.17) is 0 Å². The molecule has 0 radical (unpaired) electrons. The highest BCUT2D eigenvalue weighted by atomic mass is 79.9. The molecule has 1 aromatic carbocycles. The second kappa shape index (κ2) is 4.97. The maximum absolute atomic E-state index is 13.7. The van der Waals surface area contributed by atoms with Crippen molar-refractivity contribution in [3.8, 4) is 0 Å². The molecule has 0 fully saturated rings. The van der Waals surface area contributed by atoms with Gasteiger partial charge in [0, 0.05) is 16.6 Å². The number of hydrogen-bond donors (Lipinski definition) is 2. The Morgan fingerprint density at radius 2 is 2.05 bits per heavy atom. The Balaban J connectivity index is 2.25. The molecule has 8 heteroatoms. The van der Waals surface area contributed by atoms with E-state index >= 15 is 0 Å². The van der Waals surface area contributed by atoms with Crippen molar-refractivity contribution in [3.05, 3.63) is 33.7 Å². The Morgan fingerprint density at radius 1 is 1.36 bits per heavy atom. The van der Waals surface area contributed by atoms with Crippen LogP contribution in [0.15, 0.2) is 16.6 Å². The number of H-pyrrole nitrogens is 1. The topological polar surface area (TPSA) is 53.1 Å². The number of halogens is 5. The molecule has 0 aliphatic heterocycles. The number of nitrogens with one attached hydrogen (secondary N) is 1. The van der Waals surface area contributed by atoms with Crippen LogP contribution in [0.4, 0.5) is 17.6 Å². The first-order chi connectivity index (χ1) is 10.2. The molecule has 3 nitrogen and oxygen atoms in total. The Bertz CT molecular complexity index is 768. The minimum Gasteiger partial charge on any atom is -0.481 e. The molecule has 2 N–H and O–H groups in total. The van der Waals surface area contributed by atoms with Crippen LogP contribution in [0.25, 0.3) is 10.9 Å². The van der Waals surface area contributed by atoms with E-state index in [2.05, 4.69) is 20.9 Å². The van der Waals surface area contributed by atoms with Gasteiger partial charge in [-0.15, -0.1) is 0 Å². The normalized spacial score (nSPS) is 21.9. The molecule has 1 aliphatic carbocycles. The second-order valence-electron chi connectivity index (χ2n) is 5.30. The Labute approximate surface area is 130 Å². The van der Waals surface area contributed by atoms with Gasteiger partial charge < -0.3 is 10.1 Å².